The molecule has 0 saturated heterocycles. The largest absolute Gasteiger partial charge is 0.484 e. The minimum absolute atomic E-state index is 0.160. The summed E-state index contributed by atoms with van der Waals surface area (Å²) in [5.74, 6) is 0.254. The molecule has 1 amide bonds. The third kappa shape index (κ3) is 5.59. The molecule has 1 aromatic heterocycles. The molecule has 0 radical (unpaired) electrons. The standard InChI is InChI=1S/C23H26N2O5S/c1-15(2)16-5-8-18(9-6-16)30-14-21(26)24-23-25(11-12-28-3)19-10-7-17(22(27)29-4)13-20(19)31-23/h5-10,13,15H,11-12,14H2,1-4H3. The summed E-state index contributed by atoms with van der Waals surface area (Å²) in [5, 5.41) is 0. The number of fused-ring (bicyclic) bond motifs is 1. The Balaban J connectivity index is 1.84. The van der Waals surface area contributed by atoms with Crippen LogP contribution in [-0.2, 0) is 20.8 Å². The maximum atomic E-state index is 12.5. The van der Waals surface area contributed by atoms with Gasteiger partial charge in [-0.1, -0.05) is 37.3 Å². The van der Waals surface area contributed by atoms with Gasteiger partial charge < -0.3 is 18.8 Å². The zero-order valence-electron chi connectivity index (χ0n) is 18.1. The van der Waals surface area contributed by atoms with Gasteiger partial charge in [-0.3, -0.25) is 4.79 Å². The highest BCUT2D eigenvalue weighted by Crippen LogP contribution is 2.20. The molecule has 3 rings (SSSR count). The van der Waals surface area contributed by atoms with E-state index < -0.39 is 5.97 Å². The second-order valence-corrected chi connectivity index (χ2v) is 8.23. The second-order valence-electron chi connectivity index (χ2n) is 7.22. The first-order chi connectivity index (χ1) is 14.9. The first-order valence-corrected chi connectivity index (χ1v) is 10.8. The van der Waals surface area contributed by atoms with Gasteiger partial charge in [-0.05, 0) is 41.8 Å². The summed E-state index contributed by atoms with van der Waals surface area (Å²) in [6.45, 7) is 5.07. The number of rotatable bonds is 8. The summed E-state index contributed by atoms with van der Waals surface area (Å²) in [4.78, 5) is 29.1. The van der Waals surface area contributed by atoms with Gasteiger partial charge in [0.1, 0.15) is 5.75 Å². The van der Waals surface area contributed by atoms with Crippen molar-refractivity contribution in [2.45, 2.75) is 26.3 Å². The predicted molar refractivity (Wildman–Crippen MR) is 120 cm³/mol. The molecular formula is C23H26N2O5S. The van der Waals surface area contributed by atoms with E-state index in [9.17, 15) is 9.59 Å². The van der Waals surface area contributed by atoms with E-state index in [1.54, 1.807) is 19.2 Å². The fraction of sp³-hybridized carbons (Fsp3) is 0.348. The minimum atomic E-state index is -0.412. The molecule has 0 aliphatic carbocycles. The van der Waals surface area contributed by atoms with Crippen molar-refractivity contribution in [1.29, 1.82) is 0 Å². The Bertz CT molecular complexity index is 1130. The number of aromatic nitrogens is 1. The van der Waals surface area contributed by atoms with Crippen molar-refractivity contribution in [1.82, 2.24) is 4.57 Å². The van der Waals surface area contributed by atoms with Crippen molar-refractivity contribution in [2.75, 3.05) is 27.4 Å². The Hall–Kier alpha value is -2.97. The number of hydrogen-bond acceptors (Lipinski definition) is 6. The SMILES string of the molecule is COCCn1c(=NC(=O)COc2ccc(C(C)C)cc2)sc2cc(C(=O)OC)ccc21. The van der Waals surface area contributed by atoms with Crippen LogP contribution in [0.3, 0.4) is 0 Å². The lowest BCUT2D eigenvalue weighted by atomic mass is 10.0. The van der Waals surface area contributed by atoms with Gasteiger partial charge in [-0.15, -0.1) is 0 Å². The lowest BCUT2D eigenvalue weighted by molar-refractivity contribution is -0.120. The number of carbonyl (C=O) groups is 2. The molecule has 0 saturated carbocycles. The Kier molecular flexibility index (Phi) is 7.59. The number of carbonyl (C=O) groups excluding carboxylic acids is 2. The fourth-order valence-corrected chi connectivity index (χ4v) is 4.15. The molecule has 2 aromatic carbocycles. The summed E-state index contributed by atoms with van der Waals surface area (Å²) in [7, 11) is 2.96. The zero-order chi connectivity index (χ0) is 22.4. The van der Waals surface area contributed by atoms with Crippen molar-refractivity contribution in [3.8, 4) is 5.75 Å². The van der Waals surface area contributed by atoms with E-state index in [0.29, 0.717) is 35.2 Å². The van der Waals surface area contributed by atoms with Crippen LogP contribution < -0.4 is 9.54 Å². The number of hydrogen-bond donors (Lipinski definition) is 0. The molecule has 0 fully saturated rings. The van der Waals surface area contributed by atoms with Gasteiger partial charge in [0.2, 0.25) is 0 Å². The highest BCUT2D eigenvalue weighted by atomic mass is 32.1. The van der Waals surface area contributed by atoms with Crippen LogP contribution in [0, 0.1) is 0 Å². The highest BCUT2D eigenvalue weighted by molar-refractivity contribution is 7.16. The van der Waals surface area contributed by atoms with E-state index in [1.807, 2.05) is 34.9 Å². The topological polar surface area (TPSA) is 79.1 Å². The van der Waals surface area contributed by atoms with Crippen LogP contribution in [0.25, 0.3) is 10.2 Å². The van der Waals surface area contributed by atoms with Crippen LogP contribution in [0.15, 0.2) is 47.5 Å². The van der Waals surface area contributed by atoms with Crippen molar-refractivity contribution < 1.29 is 23.8 Å². The third-order valence-electron chi connectivity index (χ3n) is 4.75. The maximum Gasteiger partial charge on any atom is 0.337 e. The number of amides is 1. The molecule has 0 spiro atoms. The normalized spacial score (nSPS) is 11.8. The number of esters is 1. The average Bonchev–Trinajstić information content (AvgIpc) is 3.11. The van der Waals surface area contributed by atoms with Crippen LogP contribution in [0.1, 0.15) is 35.7 Å². The van der Waals surface area contributed by atoms with Gasteiger partial charge >= 0.3 is 5.97 Å². The third-order valence-corrected chi connectivity index (χ3v) is 5.79. The van der Waals surface area contributed by atoms with Crippen LogP contribution in [0.2, 0.25) is 0 Å². The van der Waals surface area contributed by atoms with Crippen LogP contribution in [0.4, 0.5) is 0 Å². The molecule has 7 nitrogen and oxygen atoms in total. The van der Waals surface area contributed by atoms with Crippen molar-refractivity contribution >= 4 is 33.4 Å². The maximum absolute atomic E-state index is 12.5. The molecule has 164 valence electrons. The minimum Gasteiger partial charge on any atom is -0.484 e. The van der Waals surface area contributed by atoms with Gasteiger partial charge in [0.25, 0.3) is 5.91 Å². The molecule has 0 aliphatic rings. The Morgan fingerprint density at radius 3 is 2.48 bits per heavy atom. The van der Waals surface area contributed by atoms with Crippen LogP contribution in [-0.4, -0.2) is 43.9 Å². The van der Waals surface area contributed by atoms with E-state index in [4.69, 9.17) is 14.2 Å². The summed E-state index contributed by atoms with van der Waals surface area (Å²) < 4.78 is 18.3. The molecule has 8 heteroatoms. The van der Waals surface area contributed by atoms with Crippen molar-refractivity contribution in [3.63, 3.8) is 0 Å². The van der Waals surface area contributed by atoms with Gasteiger partial charge in [-0.2, -0.15) is 4.99 Å². The monoisotopic (exact) mass is 442 g/mol. The quantitative estimate of drug-likeness (QED) is 0.496. The Morgan fingerprint density at radius 1 is 1.10 bits per heavy atom. The van der Waals surface area contributed by atoms with E-state index in [0.717, 1.165) is 10.2 Å². The van der Waals surface area contributed by atoms with Crippen molar-refractivity contribution in [3.05, 3.63) is 58.4 Å². The Labute approximate surface area is 184 Å². The number of nitrogens with zero attached hydrogens (tertiary/aromatic N) is 2. The summed E-state index contributed by atoms with van der Waals surface area (Å²) in [5.41, 5.74) is 2.52. The van der Waals surface area contributed by atoms with Crippen molar-refractivity contribution in [2.24, 2.45) is 4.99 Å². The smallest absolute Gasteiger partial charge is 0.337 e. The molecule has 0 unspecified atom stereocenters. The van der Waals surface area contributed by atoms with E-state index >= 15 is 0 Å². The van der Waals surface area contributed by atoms with Gasteiger partial charge in [0.05, 0.1) is 29.5 Å². The number of methoxy groups -OCH3 is 2. The number of benzene rings is 2. The molecule has 1 heterocycles. The molecule has 31 heavy (non-hydrogen) atoms. The van der Waals surface area contributed by atoms with E-state index in [2.05, 4.69) is 18.8 Å². The van der Waals surface area contributed by atoms with E-state index in [-0.39, 0.29) is 12.5 Å². The zero-order valence-corrected chi connectivity index (χ0v) is 18.9. The molecular weight excluding hydrogens is 416 g/mol. The first kappa shape index (κ1) is 22.7. The van der Waals surface area contributed by atoms with Crippen LogP contribution >= 0.6 is 11.3 Å². The number of ether oxygens (including phenoxy) is 3. The Morgan fingerprint density at radius 2 is 1.84 bits per heavy atom. The summed E-state index contributed by atoms with van der Waals surface area (Å²) >= 11 is 1.33. The summed E-state index contributed by atoms with van der Waals surface area (Å²) in [6.07, 6.45) is 0. The van der Waals surface area contributed by atoms with Gasteiger partial charge in [0.15, 0.2) is 11.4 Å². The molecule has 3 aromatic rings. The lowest BCUT2D eigenvalue weighted by Gasteiger charge is -2.07. The van der Waals surface area contributed by atoms with Gasteiger partial charge in [-0.25, -0.2) is 4.79 Å². The number of thiazole rings is 1. The molecule has 0 bridgehead atoms. The van der Waals surface area contributed by atoms with Gasteiger partial charge in [0, 0.05) is 13.7 Å². The van der Waals surface area contributed by atoms with Crippen LogP contribution in [0.5, 0.6) is 5.75 Å². The molecule has 0 aliphatic heterocycles. The predicted octanol–water partition coefficient (Wildman–Crippen LogP) is 3.77. The summed E-state index contributed by atoms with van der Waals surface area (Å²) in [6, 6.07) is 13.0. The second kappa shape index (κ2) is 10.4. The fourth-order valence-electron chi connectivity index (χ4n) is 3.03. The average molecular weight is 443 g/mol. The lowest BCUT2D eigenvalue weighted by Crippen LogP contribution is -2.21. The highest BCUT2D eigenvalue weighted by Gasteiger charge is 2.12. The molecule has 0 atom stereocenters. The van der Waals surface area contributed by atoms with E-state index in [1.165, 1.54) is 24.0 Å². The molecule has 0 N–H and O–H groups in total. The first-order valence-electron chi connectivity index (χ1n) is 9.94.